The van der Waals surface area contributed by atoms with Gasteiger partial charge in [0, 0.05) is 23.8 Å². The number of halogens is 1. The van der Waals surface area contributed by atoms with E-state index in [0.29, 0.717) is 17.3 Å². The first-order valence-electron chi connectivity index (χ1n) is 6.09. The minimum Gasteiger partial charge on any atom is -0.478 e. The highest BCUT2D eigenvalue weighted by molar-refractivity contribution is 6.31. The normalized spacial score (nSPS) is 12.1. The summed E-state index contributed by atoms with van der Waals surface area (Å²) in [5.41, 5.74) is 1.51. The molecule has 2 aromatic rings. The SMILES string of the molecule is C[C@@H](NCc1ncncc1C(=O)O)c1ccccc1Cl. The molecule has 0 radical (unpaired) electrons. The molecule has 0 amide bonds. The highest BCUT2D eigenvalue weighted by atomic mass is 35.5. The van der Waals surface area contributed by atoms with Crippen molar-refractivity contribution >= 4 is 17.6 Å². The molecule has 2 rings (SSSR count). The van der Waals surface area contributed by atoms with E-state index >= 15 is 0 Å². The minimum atomic E-state index is -1.03. The Labute approximate surface area is 121 Å². The van der Waals surface area contributed by atoms with Gasteiger partial charge in [0.05, 0.1) is 5.69 Å². The molecule has 0 aliphatic rings. The lowest BCUT2D eigenvalue weighted by Gasteiger charge is -2.15. The maximum atomic E-state index is 11.1. The standard InChI is InChI=1S/C14H14ClN3O2/c1-9(10-4-2-3-5-12(10)15)17-7-13-11(14(19)20)6-16-8-18-13/h2-6,8-9,17H,7H2,1H3,(H,19,20)/t9-/m1/s1. The maximum Gasteiger partial charge on any atom is 0.339 e. The van der Waals surface area contributed by atoms with Crippen molar-refractivity contribution in [2.45, 2.75) is 19.5 Å². The van der Waals surface area contributed by atoms with Gasteiger partial charge < -0.3 is 10.4 Å². The fraction of sp³-hybridized carbons (Fsp3) is 0.214. The van der Waals surface area contributed by atoms with E-state index in [4.69, 9.17) is 16.7 Å². The Morgan fingerprint density at radius 2 is 2.20 bits per heavy atom. The smallest absolute Gasteiger partial charge is 0.339 e. The first-order chi connectivity index (χ1) is 9.59. The number of hydrogen-bond donors (Lipinski definition) is 2. The fourth-order valence-electron chi connectivity index (χ4n) is 1.86. The van der Waals surface area contributed by atoms with Crippen molar-refractivity contribution < 1.29 is 9.90 Å². The number of hydrogen-bond acceptors (Lipinski definition) is 4. The third-order valence-electron chi connectivity index (χ3n) is 2.97. The number of aromatic carboxylic acids is 1. The first kappa shape index (κ1) is 14.4. The zero-order chi connectivity index (χ0) is 14.5. The number of nitrogens with one attached hydrogen (secondary N) is 1. The number of benzene rings is 1. The van der Waals surface area contributed by atoms with Gasteiger partial charge in [-0.3, -0.25) is 0 Å². The summed E-state index contributed by atoms with van der Waals surface area (Å²) < 4.78 is 0. The summed E-state index contributed by atoms with van der Waals surface area (Å²) in [7, 11) is 0. The average Bonchev–Trinajstić information content (AvgIpc) is 2.45. The average molecular weight is 292 g/mol. The zero-order valence-corrected chi connectivity index (χ0v) is 11.6. The predicted octanol–water partition coefficient (Wildman–Crippen LogP) is 2.68. The molecule has 0 aliphatic heterocycles. The van der Waals surface area contributed by atoms with Gasteiger partial charge >= 0.3 is 5.97 Å². The van der Waals surface area contributed by atoms with Crippen LogP contribution < -0.4 is 5.32 Å². The number of nitrogens with zero attached hydrogens (tertiary/aromatic N) is 2. The van der Waals surface area contributed by atoms with Gasteiger partial charge in [-0.25, -0.2) is 14.8 Å². The van der Waals surface area contributed by atoms with Crippen molar-refractivity contribution in [1.29, 1.82) is 0 Å². The van der Waals surface area contributed by atoms with Crippen LogP contribution in [0.5, 0.6) is 0 Å². The number of carboxylic acids is 1. The molecule has 0 saturated heterocycles. The molecule has 1 atom stereocenters. The van der Waals surface area contributed by atoms with E-state index in [1.807, 2.05) is 31.2 Å². The second-order valence-corrected chi connectivity index (χ2v) is 4.72. The van der Waals surface area contributed by atoms with Crippen molar-refractivity contribution in [1.82, 2.24) is 15.3 Å². The molecule has 0 spiro atoms. The molecule has 5 nitrogen and oxygen atoms in total. The van der Waals surface area contributed by atoms with Gasteiger partial charge in [0.25, 0.3) is 0 Å². The largest absolute Gasteiger partial charge is 0.478 e. The van der Waals surface area contributed by atoms with E-state index in [1.54, 1.807) is 0 Å². The van der Waals surface area contributed by atoms with Gasteiger partial charge in [0.1, 0.15) is 11.9 Å². The third kappa shape index (κ3) is 3.31. The van der Waals surface area contributed by atoms with Crippen molar-refractivity contribution in [3.05, 3.63) is 58.6 Å². The summed E-state index contributed by atoms with van der Waals surface area (Å²) in [5, 5.41) is 13.0. The molecular weight excluding hydrogens is 278 g/mol. The zero-order valence-electron chi connectivity index (χ0n) is 10.9. The Bertz CT molecular complexity index is 619. The Balaban J connectivity index is 2.10. The van der Waals surface area contributed by atoms with E-state index in [2.05, 4.69) is 15.3 Å². The van der Waals surface area contributed by atoms with Crippen LogP contribution >= 0.6 is 11.6 Å². The molecule has 0 fully saturated rings. The van der Waals surface area contributed by atoms with Crippen molar-refractivity contribution in [3.63, 3.8) is 0 Å². The summed E-state index contributed by atoms with van der Waals surface area (Å²) in [4.78, 5) is 18.8. The number of aromatic nitrogens is 2. The first-order valence-corrected chi connectivity index (χ1v) is 6.47. The predicted molar refractivity (Wildman–Crippen MR) is 75.7 cm³/mol. The van der Waals surface area contributed by atoms with Crippen molar-refractivity contribution in [2.24, 2.45) is 0 Å². The minimum absolute atomic E-state index is 0.0136. The molecule has 0 unspecified atom stereocenters. The van der Waals surface area contributed by atoms with Gasteiger partial charge in [0.15, 0.2) is 0 Å². The van der Waals surface area contributed by atoms with Crippen LogP contribution in [0.2, 0.25) is 5.02 Å². The molecule has 0 aliphatic carbocycles. The van der Waals surface area contributed by atoms with Crippen LogP contribution in [0.25, 0.3) is 0 Å². The van der Waals surface area contributed by atoms with Crippen LogP contribution in [0.15, 0.2) is 36.8 Å². The Morgan fingerprint density at radius 1 is 1.45 bits per heavy atom. The highest BCUT2D eigenvalue weighted by Crippen LogP contribution is 2.22. The Hall–Kier alpha value is -1.98. The highest BCUT2D eigenvalue weighted by Gasteiger charge is 2.13. The second kappa shape index (κ2) is 6.45. The quantitative estimate of drug-likeness (QED) is 0.886. The van der Waals surface area contributed by atoms with Crippen LogP contribution in [0.4, 0.5) is 0 Å². The molecule has 104 valence electrons. The monoisotopic (exact) mass is 291 g/mol. The Kier molecular flexibility index (Phi) is 4.65. The van der Waals surface area contributed by atoms with Gasteiger partial charge in [-0.2, -0.15) is 0 Å². The van der Waals surface area contributed by atoms with Gasteiger partial charge in [0.2, 0.25) is 0 Å². The van der Waals surface area contributed by atoms with Gasteiger partial charge in [-0.1, -0.05) is 29.8 Å². The number of carbonyl (C=O) groups is 1. The Morgan fingerprint density at radius 3 is 2.90 bits per heavy atom. The molecule has 0 saturated carbocycles. The topological polar surface area (TPSA) is 75.1 Å². The van der Waals surface area contributed by atoms with Crippen LogP contribution in [-0.2, 0) is 6.54 Å². The third-order valence-corrected chi connectivity index (χ3v) is 3.32. The number of rotatable bonds is 5. The molecule has 1 aromatic heterocycles. The summed E-state index contributed by atoms with van der Waals surface area (Å²) >= 11 is 6.12. The number of carboxylic acid groups (broad SMARTS) is 1. The lowest BCUT2D eigenvalue weighted by atomic mass is 10.1. The summed E-state index contributed by atoms with van der Waals surface area (Å²) in [6.07, 6.45) is 2.64. The van der Waals surface area contributed by atoms with Crippen LogP contribution in [0.3, 0.4) is 0 Å². The van der Waals surface area contributed by atoms with Crippen LogP contribution in [0, 0.1) is 0 Å². The molecule has 1 aromatic carbocycles. The van der Waals surface area contributed by atoms with Crippen molar-refractivity contribution in [2.75, 3.05) is 0 Å². The fourth-order valence-corrected chi connectivity index (χ4v) is 2.16. The molecule has 6 heteroatoms. The molecule has 1 heterocycles. The van der Waals surface area contributed by atoms with E-state index in [-0.39, 0.29) is 11.6 Å². The molecular formula is C14H14ClN3O2. The van der Waals surface area contributed by atoms with Crippen LogP contribution in [0.1, 0.15) is 34.6 Å². The van der Waals surface area contributed by atoms with E-state index < -0.39 is 5.97 Å². The maximum absolute atomic E-state index is 11.1. The summed E-state index contributed by atoms with van der Waals surface area (Å²) in [5.74, 6) is -1.03. The summed E-state index contributed by atoms with van der Waals surface area (Å²) in [6, 6.07) is 7.51. The molecule has 2 N–H and O–H groups in total. The van der Waals surface area contributed by atoms with E-state index in [0.717, 1.165) is 5.56 Å². The second-order valence-electron chi connectivity index (χ2n) is 4.31. The lowest BCUT2D eigenvalue weighted by Crippen LogP contribution is -2.21. The van der Waals surface area contributed by atoms with Crippen LogP contribution in [-0.4, -0.2) is 21.0 Å². The van der Waals surface area contributed by atoms with E-state index in [9.17, 15) is 4.79 Å². The van der Waals surface area contributed by atoms with E-state index in [1.165, 1.54) is 12.5 Å². The molecule has 0 bridgehead atoms. The molecule has 20 heavy (non-hydrogen) atoms. The van der Waals surface area contributed by atoms with Crippen molar-refractivity contribution in [3.8, 4) is 0 Å². The summed E-state index contributed by atoms with van der Waals surface area (Å²) in [6.45, 7) is 2.29. The lowest BCUT2D eigenvalue weighted by molar-refractivity contribution is 0.0694. The van der Waals surface area contributed by atoms with Gasteiger partial charge in [-0.05, 0) is 18.6 Å². The van der Waals surface area contributed by atoms with Gasteiger partial charge in [-0.15, -0.1) is 0 Å².